The van der Waals surface area contributed by atoms with Crippen LogP contribution in [0, 0.1) is 17.5 Å². The molecular formula is C35H30ClF3N4O5S2. The number of piperidine rings is 1. The van der Waals surface area contributed by atoms with Crippen molar-refractivity contribution in [3.05, 3.63) is 118 Å². The molecule has 3 heterocycles. The van der Waals surface area contributed by atoms with Crippen LogP contribution in [0.15, 0.2) is 90.0 Å². The number of methoxy groups -OCH3 is 1. The van der Waals surface area contributed by atoms with E-state index in [0.717, 1.165) is 11.6 Å². The third-order valence-corrected chi connectivity index (χ3v) is 11.8. The number of anilines is 1. The minimum atomic E-state index is -4.89. The molecule has 0 saturated carbocycles. The van der Waals surface area contributed by atoms with Crippen molar-refractivity contribution >= 4 is 44.7 Å². The predicted molar refractivity (Wildman–Crippen MR) is 184 cm³/mol. The third-order valence-electron chi connectivity index (χ3n) is 8.53. The van der Waals surface area contributed by atoms with Crippen LogP contribution < -0.4 is 4.31 Å². The quantitative estimate of drug-likeness (QED) is 0.113. The molecule has 50 heavy (non-hydrogen) atoms. The Balaban J connectivity index is 1.58. The summed E-state index contributed by atoms with van der Waals surface area (Å²) in [6.45, 7) is -0.473. The van der Waals surface area contributed by atoms with Crippen LogP contribution in [0.2, 0.25) is 5.15 Å². The first-order valence-electron chi connectivity index (χ1n) is 15.4. The second-order valence-corrected chi connectivity index (χ2v) is 14.9. The Hall–Kier alpha value is -4.50. The van der Waals surface area contributed by atoms with Gasteiger partial charge in [0.25, 0.3) is 10.0 Å². The largest absolute Gasteiger partial charge is 0.465 e. The van der Waals surface area contributed by atoms with Gasteiger partial charge in [0.2, 0.25) is 0 Å². The van der Waals surface area contributed by atoms with Gasteiger partial charge in [-0.25, -0.2) is 40.7 Å². The van der Waals surface area contributed by atoms with Gasteiger partial charge < -0.3 is 9.84 Å². The van der Waals surface area contributed by atoms with Crippen LogP contribution in [0.3, 0.4) is 0 Å². The molecule has 260 valence electrons. The SMILES string of the molecule is COCN(c1cccc(-c2nc(C3(Cc4ccccc4)CCCCN3C(=O)O)sc2-c2ccnc(Cl)c2)c1F)S(=O)(=O)c1cc(F)ccc1F. The van der Waals surface area contributed by atoms with Crippen molar-refractivity contribution in [2.45, 2.75) is 36.1 Å². The number of ether oxygens (including phenoxy) is 1. The number of hydrogen-bond donors (Lipinski definition) is 1. The van der Waals surface area contributed by atoms with Crippen LogP contribution in [0.5, 0.6) is 0 Å². The standard InChI is InChI=1S/C35H30ClF3N4O5S2/c1-48-21-43(50(46,47)28-19-24(37)12-13-26(28)38)27-11-7-10-25(30(27)39)31-32(23-14-16-40-29(36)18-23)49-33(41-31)35(20-22-8-3-2-4-9-22)15-5-6-17-42(35)34(44)45/h2-4,7-14,16,18-19H,5-6,15,17,20-21H2,1H3,(H,44,45). The van der Waals surface area contributed by atoms with Gasteiger partial charge >= 0.3 is 6.09 Å². The number of nitrogens with zero attached hydrogens (tertiary/aromatic N) is 4. The summed E-state index contributed by atoms with van der Waals surface area (Å²) in [6, 6.07) is 18.6. The topological polar surface area (TPSA) is 113 Å². The molecule has 0 aliphatic carbocycles. The maximum Gasteiger partial charge on any atom is 0.408 e. The lowest BCUT2D eigenvalue weighted by Gasteiger charge is -2.44. The highest BCUT2D eigenvalue weighted by Crippen LogP contribution is 2.48. The first kappa shape index (κ1) is 35.3. The second-order valence-electron chi connectivity index (χ2n) is 11.6. The van der Waals surface area contributed by atoms with E-state index in [4.69, 9.17) is 21.3 Å². The average molecular weight is 743 g/mol. The van der Waals surface area contributed by atoms with Crippen LogP contribution >= 0.6 is 22.9 Å². The van der Waals surface area contributed by atoms with Crippen LogP contribution in [0.1, 0.15) is 29.8 Å². The number of benzene rings is 3. The van der Waals surface area contributed by atoms with E-state index in [0.29, 0.717) is 57.6 Å². The number of likely N-dealkylation sites (tertiary alicyclic amines) is 1. The molecule has 1 aliphatic heterocycles. The smallest absolute Gasteiger partial charge is 0.408 e. The first-order valence-corrected chi connectivity index (χ1v) is 18.0. The molecule has 1 aliphatic rings. The molecule has 5 aromatic rings. The number of thiazole rings is 1. The fourth-order valence-electron chi connectivity index (χ4n) is 6.25. The van der Waals surface area contributed by atoms with Gasteiger partial charge in [-0.2, -0.15) is 0 Å². The molecule has 15 heteroatoms. The average Bonchev–Trinajstić information content (AvgIpc) is 3.55. The zero-order valence-corrected chi connectivity index (χ0v) is 28.9. The second kappa shape index (κ2) is 14.4. The van der Waals surface area contributed by atoms with Crippen molar-refractivity contribution in [2.75, 3.05) is 24.7 Å². The Morgan fingerprint density at radius 1 is 1.06 bits per heavy atom. The zero-order chi connectivity index (χ0) is 35.6. The Kier molecular flexibility index (Phi) is 10.2. The molecule has 1 atom stereocenters. The molecule has 0 spiro atoms. The van der Waals surface area contributed by atoms with E-state index >= 15 is 4.39 Å². The van der Waals surface area contributed by atoms with E-state index in [9.17, 15) is 27.1 Å². The summed E-state index contributed by atoms with van der Waals surface area (Å²) in [5.41, 5.74) is -0.259. The Morgan fingerprint density at radius 2 is 1.84 bits per heavy atom. The van der Waals surface area contributed by atoms with Crippen LogP contribution in [0.4, 0.5) is 23.7 Å². The number of carbonyl (C=O) groups is 1. The Bertz CT molecular complexity index is 2160. The molecule has 1 N–H and O–H groups in total. The van der Waals surface area contributed by atoms with Crippen molar-refractivity contribution in [3.63, 3.8) is 0 Å². The predicted octanol–water partition coefficient (Wildman–Crippen LogP) is 8.34. The molecule has 1 amide bonds. The van der Waals surface area contributed by atoms with E-state index < -0.39 is 56.4 Å². The number of aromatic nitrogens is 2. The normalized spacial score (nSPS) is 16.4. The summed E-state index contributed by atoms with van der Waals surface area (Å²) in [5, 5.41) is 11.0. The lowest BCUT2D eigenvalue weighted by atomic mass is 9.81. The van der Waals surface area contributed by atoms with E-state index in [1.807, 2.05) is 30.3 Å². The third kappa shape index (κ3) is 6.67. The lowest BCUT2D eigenvalue weighted by Crippen LogP contribution is -2.53. The summed E-state index contributed by atoms with van der Waals surface area (Å²) in [5.74, 6) is -3.28. The monoisotopic (exact) mass is 742 g/mol. The van der Waals surface area contributed by atoms with E-state index in [1.54, 1.807) is 12.1 Å². The molecular weight excluding hydrogens is 713 g/mol. The highest BCUT2D eigenvalue weighted by molar-refractivity contribution is 7.92. The van der Waals surface area contributed by atoms with Crippen molar-refractivity contribution in [1.29, 1.82) is 0 Å². The van der Waals surface area contributed by atoms with Gasteiger partial charge in [0.1, 0.15) is 39.0 Å². The summed E-state index contributed by atoms with van der Waals surface area (Å²) >= 11 is 7.47. The molecule has 3 aromatic carbocycles. The highest BCUT2D eigenvalue weighted by atomic mass is 35.5. The van der Waals surface area contributed by atoms with Crippen molar-refractivity contribution in [2.24, 2.45) is 0 Å². The van der Waals surface area contributed by atoms with Gasteiger partial charge in [0.15, 0.2) is 5.82 Å². The van der Waals surface area contributed by atoms with Crippen molar-refractivity contribution in [3.8, 4) is 21.7 Å². The summed E-state index contributed by atoms with van der Waals surface area (Å²) in [7, 11) is -3.72. The molecule has 1 saturated heterocycles. The van der Waals surface area contributed by atoms with Gasteiger partial charge in [-0.3, -0.25) is 4.90 Å². The molecule has 1 fully saturated rings. The van der Waals surface area contributed by atoms with E-state index in [2.05, 4.69) is 4.98 Å². The van der Waals surface area contributed by atoms with Gasteiger partial charge in [0.05, 0.1) is 16.3 Å². The van der Waals surface area contributed by atoms with Gasteiger partial charge in [-0.05, 0) is 72.9 Å². The number of carboxylic acid groups (broad SMARTS) is 1. The van der Waals surface area contributed by atoms with Crippen LogP contribution in [-0.4, -0.2) is 54.9 Å². The van der Waals surface area contributed by atoms with Gasteiger partial charge in [-0.1, -0.05) is 48.0 Å². The fraction of sp³-hybridized carbons (Fsp3) is 0.229. The van der Waals surface area contributed by atoms with Crippen molar-refractivity contribution < 1.29 is 36.2 Å². The zero-order valence-electron chi connectivity index (χ0n) is 26.5. The van der Waals surface area contributed by atoms with Crippen LogP contribution in [0.25, 0.3) is 21.7 Å². The molecule has 6 rings (SSSR count). The number of halogens is 4. The number of pyridine rings is 1. The summed E-state index contributed by atoms with van der Waals surface area (Å²) in [6.07, 6.45) is 2.46. The molecule has 0 radical (unpaired) electrons. The summed E-state index contributed by atoms with van der Waals surface area (Å²) < 4.78 is 78.9. The van der Waals surface area contributed by atoms with E-state index in [-0.39, 0.29) is 23.0 Å². The lowest BCUT2D eigenvalue weighted by molar-refractivity contribution is 0.0442. The van der Waals surface area contributed by atoms with Gasteiger partial charge in [0, 0.05) is 31.8 Å². The maximum absolute atomic E-state index is 16.9. The molecule has 1 unspecified atom stereocenters. The molecule has 0 bridgehead atoms. The maximum atomic E-state index is 16.9. The number of amides is 1. The Labute approximate surface area is 295 Å². The number of rotatable bonds is 10. The van der Waals surface area contributed by atoms with Gasteiger partial charge in [-0.15, -0.1) is 11.3 Å². The Morgan fingerprint density at radius 3 is 2.56 bits per heavy atom. The molecule has 2 aromatic heterocycles. The summed E-state index contributed by atoms with van der Waals surface area (Å²) in [4.78, 5) is 22.6. The number of sulfonamides is 1. The fourth-order valence-corrected chi connectivity index (χ4v) is 9.18. The highest BCUT2D eigenvalue weighted by Gasteiger charge is 2.46. The first-order chi connectivity index (χ1) is 24.0. The van der Waals surface area contributed by atoms with E-state index in [1.165, 1.54) is 47.7 Å². The minimum Gasteiger partial charge on any atom is -0.465 e. The molecule has 9 nitrogen and oxygen atoms in total. The van der Waals surface area contributed by atoms with Crippen molar-refractivity contribution in [1.82, 2.24) is 14.9 Å². The number of hydrogen-bond acceptors (Lipinski definition) is 7. The van der Waals surface area contributed by atoms with Crippen LogP contribution in [-0.2, 0) is 26.7 Å². The minimum absolute atomic E-state index is 0.0988.